The highest BCUT2D eigenvalue weighted by molar-refractivity contribution is 6.00. The third-order valence-electron chi connectivity index (χ3n) is 5.68. The molecule has 0 bridgehead atoms. The number of Topliss-reactive ketones (excluding diaryl/α,β-unsaturated/α-hetero) is 1. The maximum Gasteiger partial charge on any atom is 0.329 e. The highest BCUT2D eigenvalue weighted by Crippen LogP contribution is 2.21. The molecule has 1 atom stereocenters. The molecule has 0 saturated carbocycles. The number of ether oxygens (including phenoxy) is 2. The van der Waals surface area contributed by atoms with Crippen molar-refractivity contribution in [2.75, 3.05) is 13.7 Å². The van der Waals surface area contributed by atoms with Crippen LogP contribution < -0.4 is 10.1 Å². The summed E-state index contributed by atoms with van der Waals surface area (Å²) in [5, 5.41) is 6.67. The van der Waals surface area contributed by atoms with Gasteiger partial charge in [-0.05, 0) is 56.5 Å². The summed E-state index contributed by atoms with van der Waals surface area (Å²) in [6.45, 7) is 8.56. The van der Waals surface area contributed by atoms with Crippen LogP contribution in [-0.4, -0.2) is 47.1 Å². The van der Waals surface area contributed by atoms with Crippen LogP contribution in [0.2, 0.25) is 0 Å². The van der Waals surface area contributed by atoms with Crippen LogP contribution in [0.5, 0.6) is 5.75 Å². The third kappa shape index (κ3) is 6.29. The number of hydrogen-bond donors (Lipinski definition) is 1. The summed E-state index contributed by atoms with van der Waals surface area (Å²) in [5.41, 5.74) is 2.69. The summed E-state index contributed by atoms with van der Waals surface area (Å²) < 4.78 is 17.4. The molecule has 9 nitrogen and oxygen atoms in total. The first-order valence-electron chi connectivity index (χ1n) is 11.6. The average molecular weight is 494 g/mol. The molecule has 2 heterocycles. The molecular weight excluding hydrogens is 462 g/mol. The minimum Gasteiger partial charge on any atom is -0.497 e. The Hall–Kier alpha value is -4.14. The number of ketones is 1. The zero-order valence-electron chi connectivity index (χ0n) is 21.3. The predicted molar refractivity (Wildman–Crippen MR) is 134 cm³/mol. The Balaban J connectivity index is 1.62. The number of esters is 1. The number of benzene rings is 1. The van der Waals surface area contributed by atoms with Crippen molar-refractivity contribution >= 4 is 23.7 Å². The van der Waals surface area contributed by atoms with E-state index in [1.807, 2.05) is 19.1 Å². The largest absolute Gasteiger partial charge is 0.497 e. The van der Waals surface area contributed by atoms with Gasteiger partial charge in [-0.25, -0.2) is 4.79 Å². The Kier molecular flexibility index (Phi) is 8.47. The van der Waals surface area contributed by atoms with E-state index in [4.69, 9.17) is 14.0 Å². The van der Waals surface area contributed by atoms with Crippen molar-refractivity contribution in [2.24, 2.45) is 5.92 Å². The second-order valence-corrected chi connectivity index (χ2v) is 8.78. The summed E-state index contributed by atoms with van der Waals surface area (Å²) >= 11 is 0. The van der Waals surface area contributed by atoms with Crippen molar-refractivity contribution in [1.82, 2.24) is 15.0 Å². The van der Waals surface area contributed by atoms with Crippen LogP contribution in [0.25, 0.3) is 11.9 Å². The lowest BCUT2D eigenvalue weighted by Gasteiger charge is -2.20. The van der Waals surface area contributed by atoms with Gasteiger partial charge in [-0.15, -0.1) is 0 Å². The van der Waals surface area contributed by atoms with Crippen molar-refractivity contribution in [3.05, 3.63) is 70.7 Å². The van der Waals surface area contributed by atoms with Crippen LogP contribution in [0, 0.1) is 26.7 Å². The number of aryl methyl sites for hydroxylation is 2. The lowest BCUT2D eigenvalue weighted by molar-refractivity contribution is -0.147. The van der Waals surface area contributed by atoms with Crippen LogP contribution in [0.3, 0.4) is 0 Å². The number of rotatable bonds is 10. The molecule has 0 radical (unpaired) electrons. The van der Waals surface area contributed by atoms with E-state index in [2.05, 4.69) is 10.5 Å². The van der Waals surface area contributed by atoms with E-state index in [1.54, 1.807) is 69.7 Å². The van der Waals surface area contributed by atoms with Gasteiger partial charge in [0.1, 0.15) is 17.6 Å². The van der Waals surface area contributed by atoms with Crippen LogP contribution in [0.4, 0.5) is 0 Å². The van der Waals surface area contributed by atoms with Gasteiger partial charge in [0.05, 0.1) is 7.11 Å². The Bertz CT molecular complexity index is 1270. The number of hydrogen-bond acceptors (Lipinski definition) is 7. The van der Waals surface area contributed by atoms with Crippen molar-refractivity contribution in [3.8, 4) is 11.6 Å². The summed E-state index contributed by atoms with van der Waals surface area (Å²) in [5.74, 6) is 0.222. The van der Waals surface area contributed by atoms with Gasteiger partial charge in [0.2, 0.25) is 11.7 Å². The SMILES string of the molecule is COc1ccc(C=CC(=O)NC(C(=O)OCC(=O)c2cc(C)n(-c3cc(C)on3)c2C)C(C)C)cc1. The first-order chi connectivity index (χ1) is 17.1. The van der Waals surface area contributed by atoms with Gasteiger partial charge in [-0.1, -0.05) is 31.1 Å². The lowest BCUT2D eigenvalue weighted by Crippen LogP contribution is -2.45. The Morgan fingerprint density at radius 1 is 1.11 bits per heavy atom. The van der Waals surface area contributed by atoms with Crippen LogP contribution in [-0.2, 0) is 14.3 Å². The maximum atomic E-state index is 12.8. The van der Waals surface area contributed by atoms with E-state index in [-0.39, 0.29) is 11.7 Å². The second-order valence-electron chi connectivity index (χ2n) is 8.78. The van der Waals surface area contributed by atoms with Gasteiger partial charge in [0, 0.05) is 29.1 Å². The first-order valence-corrected chi connectivity index (χ1v) is 11.6. The Morgan fingerprint density at radius 2 is 1.81 bits per heavy atom. The molecule has 0 fully saturated rings. The minimum atomic E-state index is -0.906. The quantitative estimate of drug-likeness (QED) is 0.258. The fourth-order valence-corrected chi connectivity index (χ4v) is 3.75. The van der Waals surface area contributed by atoms with E-state index in [1.165, 1.54) is 6.08 Å². The summed E-state index contributed by atoms with van der Waals surface area (Å²) in [4.78, 5) is 38.0. The molecule has 36 heavy (non-hydrogen) atoms. The molecule has 1 amide bonds. The van der Waals surface area contributed by atoms with Gasteiger partial charge in [-0.2, -0.15) is 0 Å². The predicted octanol–water partition coefficient (Wildman–Crippen LogP) is 3.98. The highest BCUT2D eigenvalue weighted by atomic mass is 16.5. The molecule has 9 heteroatoms. The number of methoxy groups -OCH3 is 1. The highest BCUT2D eigenvalue weighted by Gasteiger charge is 2.27. The van der Waals surface area contributed by atoms with E-state index in [0.717, 1.165) is 11.3 Å². The molecule has 2 aromatic heterocycles. The van der Waals surface area contributed by atoms with Gasteiger partial charge in [0.15, 0.2) is 12.4 Å². The van der Waals surface area contributed by atoms with Crippen LogP contribution in [0.15, 0.2) is 47.0 Å². The smallest absolute Gasteiger partial charge is 0.329 e. The van der Waals surface area contributed by atoms with Crippen molar-refractivity contribution in [3.63, 3.8) is 0 Å². The van der Waals surface area contributed by atoms with Crippen molar-refractivity contribution in [1.29, 1.82) is 0 Å². The minimum absolute atomic E-state index is 0.244. The molecule has 190 valence electrons. The monoisotopic (exact) mass is 493 g/mol. The average Bonchev–Trinajstić information content (AvgIpc) is 3.40. The number of amides is 1. The zero-order valence-corrected chi connectivity index (χ0v) is 21.3. The molecule has 0 aliphatic heterocycles. The van der Waals surface area contributed by atoms with Gasteiger partial charge in [0.25, 0.3) is 0 Å². The Morgan fingerprint density at radius 3 is 2.39 bits per heavy atom. The fraction of sp³-hybridized carbons (Fsp3) is 0.333. The molecule has 1 aromatic carbocycles. The van der Waals surface area contributed by atoms with Crippen LogP contribution >= 0.6 is 0 Å². The molecular formula is C27H31N3O6. The molecule has 1 N–H and O–H groups in total. The second kappa shape index (κ2) is 11.5. The van der Waals surface area contributed by atoms with Gasteiger partial charge >= 0.3 is 5.97 Å². The lowest BCUT2D eigenvalue weighted by atomic mass is 10.0. The number of carbonyl (C=O) groups excluding carboxylic acids is 3. The van der Waals surface area contributed by atoms with Gasteiger partial charge < -0.3 is 19.3 Å². The molecule has 3 rings (SSSR count). The number of carbonyl (C=O) groups is 3. The molecule has 0 spiro atoms. The summed E-state index contributed by atoms with van der Waals surface area (Å²) in [6.07, 6.45) is 2.98. The van der Waals surface area contributed by atoms with Crippen LogP contribution in [0.1, 0.15) is 46.9 Å². The molecule has 3 aromatic rings. The fourth-order valence-electron chi connectivity index (χ4n) is 3.75. The van der Waals surface area contributed by atoms with E-state index >= 15 is 0 Å². The molecule has 0 aliphatic rings. The summed E-state index contributed by atoms with van der Waals surface area (Å²) in [6, 6.07) is 9.78. The molecule has 0 aliphatic carbocycles. The standard InChI is InChI=1S/C27H31N3O6/c1-16(2)26(28-25(32)12-9-20-7-10-21(34-6)11-8-20)27(33)35-15-23(31)22-13-17(3)30(19(22)5)24-14-18(4)36-29-24/h7-14,16,26H,15H2,1-6H3,(H,28,32). The maximum absolute atomic E-state index is 12.8. The summed E-state index contributed by atoms with van der Waals surface area (Å²) in [7, 11) is 1.58. The van der Waals surface area contributed by atoms with Crippen molar-refractivity contribution < 1.29 is 28.4 Å². The van der Waals surface area contributed by atoms with E-state index in [0.29, 0.717) is 28.6 Å². The zero-order chi connectivity index (χ0) is 26.4. The van der Waals surface area contributed by atoms with Gasteiger partial charge in [-0.3, -0.25) is 14.2 Å². The number of aromatic nitrogens is 2. The number of nitrogens with zero attached hydrogens (tertiary/aromatic N) is 2. The van der Waals surface area contributed by atoms with E-state index < -0.39 is 24.5 Å². The normalized spacial score (nSPS) is 12.1. The molecule has 1 unspecified atom stereocenters. The van der Waals surface area contributed by atoms with E-state index in [9.17, 15) is 14.4 Å². The third-order valence-corrected chi connectivity index (χ3v) is 5.68. The molecule has 0 saturated heterocycles. The first kappa shape index (κ1) is 26.5. The Labute approximate surface area is 210 Å². The van der Waals surface area contributed by atoms with Crippen molar-refractivity contribution in [2.45, 2.75) is 40.7 Å². The number of nitrogens with one attached hydrogen (secondary N) is 1. The topological polar surface area (TPSA) is 113 Å².